The summed E-state index contributed by atoms with van der Waals surface area (Å²) in [5.41, 5.74) is -1.49. The molecule has 0 spiro atoms. The van der Waals surface area contributed by atoms with E-state index in [0.29, 0.717) is 20.1 Å². The van der Waals surface area contributed by atoms with Crippen molar-refractivity contribution in [1.29, 1.82) is 0 Å². The van der Waals surface area contributed by atoms with Gasteiger partial charge in [-0.3, -0.25) is 4.98 Å². The van der Waals surface area contributed by atoms with Crippen molar-refractivity contribution < 1.29 is 26.7 Å². The lowest BCUT2D eigenvalue weighted by molar-refractivity contribution is -0.141. The zero-order valence-corrected chi connectivity index (χ0v) is 16.5. The highest BCUT2D eigenvalue weighted by atomic mass is 19.4. The Morgan fingerprint density at radius 1 is 0.938 bits per heavy atom. The molecule has 2 N–H and O–H groups in total. The molecule has 0 amide bonds. The highest BCUT2D eigenvalue weighted by Gasteiger charge is 2.32. The number of nitrogens with one attached hydrogen (secondary N) is 2. The molecule has 0 unspecified atom stereocenters. The van der Waals surface area contributed by atoms with Crippen LogP contribution in [0.1, 0.15) is 18.3 Å². The topological polar surface area (TPSA) is 97.7 Å². The summed E-state index contributed by atoms with van der Waals surface area (Å²) >= 11 is 0. The average molecular weight is 453 g/mol. The molecule has 1 saturated heterocycles. The molecule has 3 aromatic rings. The molecule has 1 aliphatic rings. The molecule has 0 radical (unpaired) electrons. The normalized spacial score (nSPS) is 14.7. The zero-order valence-electron chi connectivity index (χ0n) is 16.5. The Morgan fingerprint density at radius 3 is 2.34 bits per heavy atom. The molecule has 32 heavy (non-hydrogen) atoms. The van der Waals surface area contributed by atoms with Gasteiger partial charge in [-0.25, -0.2) is 4.98 Å². The second kappa shape index (κ2) is 8.22. The molecule has 0 aliphatic carbocycles. The number of anilines is 3. The summed E-state index contributed by atoms with van der Waals surface area (Å²) in [6.07, 6.45) is -3.64. The number of hydrogen-bond acceptors (Lipinski definition) is 8. The van der Waals surface area contributed by atoms with E-state index in [1.807, 2.05) is 0 Å². The number of pyridine rings is 2. The average Bonchev–Trinajstić information content (AvgIpc) is 2.70. The Morgan fingerprint density at radius 2 is 1.69 bits per heavy atom. The maximum Gasteiger partial charge on any atom is 0.433 e. The van der Waals surface area contributed by atoms with Crippen LogP contribution in [0.4, 0.5) is 39.5 Å². The van der Waals surface area contributed by atoms with Gasteiger partial charge in [0.2, 0.25) is 11.9 Å². The van der Waals surface area contributed by atoms with Crippen molar-refractivity contribution in [1.82, 2.24) is 24.9 Å². The zero-order chi connectivity index (χ0) is 22.9. The van der Waals surface area contributed by atoms with Gasteiger partial charge in [-0.05, 0) is 24.3 Å². The minimum Gasteiger partial charge on any atom is -0.377 e. The van der Waals surface area contributed by atoms with E-state index in [4.69, 9.17) is 4.74 Å². The Labute approximate surface area is 178 Å². The summed E-state index contributed by atoms with van der Waals surface area (Å²) in [7, 11) is 0. The largest absolute Gasteiger partial charge is 0.433 e. The molecule has 0 bridgehead atoms. The summed E-state index contributed by atoms with van der Waals surface area (Å²) in [6.45, 7) is 1.54. The summed E-state index contributed by atoms with van der Waals surface area (Å²) in [6, 6.07) is 6.03. The number of hydrogen-bond donors (Lipinski definition) is 2. The lowest BCUT2D eigenvalue weighted by Gasteiger charge is -2.26. The van der Waals surface area contributed by atoms with Crippen molar-refractivity contribution in [2.24, 2.45) is 0 Å². The standard InChI is InChI=1S/C19H16F5N7O/c1-18(20,21)13-4-2-3-12(28-13)15-29-16(31-17(30-15)27-11-8-32-9-11)26-10-5-6-25-14(7-10)19(22,23)24/h2-7,11H,8-9H2,1H3,(H2,25,26,27,29,30,31). The molecular weight excluding hydrogens is 437 g/mol. The molecule has 1 aliphatic heterocycles. The number of nitrogens with zero attached hydrogens (tertiary/aromatic N) is 5. The fourth-order valence-electron chi connectivity index (χ4n) is 2.71. The van der Waals surface area contributed by atoms with Crippen LogP contribution < -0.4 is 10.6 Å². The number of rotatable bonds is 6. The van der Waals surface area contributed by atoms with Gasteiger partial charge in [0.05, 0.1) is 19.3 Å². The van der Waals surface area contributed by atoms with Crippen molar-refractivity contribution in [2.75, 3.05) is 23.8 Å². The van der Waals surface area contributed by atoms with E-state index in [-0.39, 0.29) is 35.1 Å². The van der Waals surface area contributed by atoms with Crippen LogP contribution in [-0.4, -0.2) is 44.2 Å². The van der Waals surface area contributed by atoms with Crippen LogP contribution in [0.25, 0.3) is 11.5 Å². The van der Waals surface area contributed by atoms with Crippen molar-refractivity contribution >= 4 is 17.6 Å². The van der Waals surface area contributed by atoms with Gasteiger partial charge in [-0.15, -0.1) is 0 Å². The van der Waals surface area contributed by atoms with Crippen LogP contribution in [0.15, 0.2) is 36.5 Å². The lowest BCUT2D eigenvalue weighted by Crippen LogP contribution is -2.40. The molecule has 3 aromatic heterocycles. The third-order valence-electron chi connectivity index (χ3n) is 4.34. The van der Waals surface area contributed by atoms with Crippen LogP contribution >= 0.6 is 0 Å². The minimum atomic E-state index is -4.63. The molecule has 0 saturated carbocycles. The molecule has 4 rings (SSSR count). The third-order valence-corrected chi connectivity index (χ3v) is 4.34. The third kappa shape index (κ3) is 5.04. The van der Waals surface area contributed by atoms with Gasteiger partial charge in [0, 0.05) is 18.8 Å². The van der Waals surface area contributed by atoms with E-state index in [1.165, 1.54) is 24.3 Å². The molecular formula is C19H16F5N7O. The second-order valence-electron chi connectivity index (χ2n) is 7.03. The smallest absolute Gasteiger partial charge is 0.377 e. The Hall–Kier alpha value is -3.48. The molecule has 0 atom stereocenters. The first kappa shape index (κ1) is 21.7. The van der Waals surface area contributed by atoms with Gasteiger partial charge in [0.15, 0.2) is 5.82 Å². The number of aromatic nitrogens is 5. The highest BCUT2D eigenvalue weighted by Crippen LogP contribution is 2.30. The van der Waals surface area contributed by atoms with E-state index in [1.54, 1.807) is 0 Å². The molecule has 168 valence electrons. The molecule has 8 nitrogen and oxygen atoms in total. The van der Waals surface area contributed by atoms with E-state index >= 15 is 0 Å². The SMILES string of the molecule is CC(F)(F)c1cccc(-c2nc(Nc3ccnc(C(F)(F)F)c3)nc(NC3COC3)n2)n1. The van der Waals surface area contributed by atoms with Gasteiger partial charge in [0.1, 0.15) is 17.1 Å². The highest BCUT2D eigenvalue weighted by molar-refractivity contribution is 5.59. The van der Waals surface area contributed by atoms with Crippen molar-refractivity contribution in [3.63, 3.8) is 0 Å². The van der Waals surface area contributed by atoms with Crippen molar-refractivity contribution in [3.05, 3.63) is 47.9 Å². The fraction of sp³-hybridized carbons (Fsp3) is 0.316. The second-order valence-corrected chi connectivity index (χ2v) is 7.03. The van der Waals surface area contributed by atoms with Gasteiger partial charge in [-0.2, -0.15) is 36.9 Å². The van der Waals surface area contributed by atoms with Crippen LogP contribution in [0.3, 0.4) is 0 Å². The quantitative estimate of drug-likeness (QED) is 0.541. The molecule has 1 fully saturated rings. The van der Waals surface area contributed by atoms with Crippen molar-refractivity contribution in [2.45, 2.75) is 25.1 Å². The maximum absolute atomic E-state index is 13.7. The molecule has 0 aromatic carbocycles. The summed E-state index contributed by atoms with van der Waals surface area (Å²) in [5, 5.41) is 5.67. The van der Waals surface area contributed by atoms with E-state index in [2.05, 4.69) is 35.6 Å². The van der Waals surface area contributed by atoms with Crippen LogP contribution in [0.2, 0.25) is 0 Å². The number of ether oxygens (including phenoxy) is 1. The fourth-order valence-corrected chi connectivity index (χ4v) is 2.71. The Balaban J connectivity index is 1.70. The molecule has 4 heterocycles. The van der Waals surface area contributed by atoms with Crippen LogP contribution in [0.5, 0.6) is 0 Å². The summed E-state index contributed by atoms with van der Waals surface area (Å²) < 4.78 is 71.4. The molecule has 13 heteroatoms. The first-order valence-corrected chi connectivity index (χ1v) is 9.34. The number of halogens is 5. The van der Waals surface area contributed by atoms with Gasteiger partial charge in [-0.1, -0.05) is 6.07 Å². The predicted octanol–water partition coefficient (Wildman–Crippen LogP) is 4.01. The summed E-state index contributed by atoms with van der Waals surface area (Å²) in [4.78, 5) is 19.8. The predicted molar refractivity (Wildman–Crippen MR) is 103 cm³/mol. The summed E-state index contributed by atoms with van der Waals surface area (Å²) in [5.74, 6) is -3.24. The van der Waals surface area contributed by atoms with E-state index in [9.17, 15) is 22.0 Å². The van der Waals surface area contributed by atoms with Crippen LogP contribution in [-0.2, 0) is 16.8 Å². The maximum atomic E-state index is 13.7. The first-order chi connectivity index (χ1) is 15.1. The van der Waals surface area contributed by atoms with Gasteiger partial charge >= 0.3 is 6.18 Å². The monoisotopic (exact) mass is 453 g/mol. The van der Waals surface area contributed by atoms with E-state index < -0.39 is 23.5 Å². The minimum absolute atomic E-state index is 0.0317. The lowest BCUT2D eigenvalue weighted by atomic mass is 10.2. The van der Waals surface area contributed by atoms with Crippen LogP contribution in [0, 0.1) is 0 Å². The van der Waals surface area contributed by atoms with Gasteiger partial charge in [0.25, 0.3) is 5.92 Å². The Kier molecular flexibility index (Phi) is 5.59. The first-order valence-electron chi connectivity index (χ1n) is 9.34. The van der Waals surface area contributed by atoms with Crippen molar-refractivity contribution in [3.8, 4) is 11.5 Å². The Bertz CT molecular complexity index is 1120. The van der Waals surface area contributed by atoms with Gasteiger partial charge < -0.3 is 15.4 Å². The van der Waals surface area contributed by atoms with E-state index in [0.717, 1.165) is 12.3 Å². The number of alkyl halides is 5.